The number of rotatable bonds is 5. The number of thioether (sulfide) groups is 1. The van der Waals surface area contributed by atoms with E-state index in [-0.39, 0.29) is 0 Å². The van der Waals surface area contributed by atoms with Gasteiger partial charge in [-0.15, -0.1) is 0 Å². The molecule has 4 nitrogen and oxygen atoms in total. The van der Waals surface area contributed by atoms with Crippen molar-refractivity contribution in [1.29, 1.82) is 0 Å². The molecule has 1 unspecified atom stereocenters. The number of carboxylic acids is 1. The lowest BCUT2D eigenvalue weighted by Crippen LogP contribution is -2.33. The molecule has 0 aliphatic carbocycles. The lowest BCUT2D eigenvalue weighted by atomic mass is 10.1. The molecule has 0 radical (unpaired) electrons. The molecule has 1 fully saturated rings. The van der Waals surface area contributed by atoms with Crippen molar-refractivity contribution < 1.29 is 14.6 Å². The number of aliphatic carboxylic acids is 1. The highest BCUT2D eigenvalue weighted by Gasteiger charge is 2.16. The Bertz CT molecular complexity index is 183. The van der Waals surface area contributed by atoms with Crippen molar-refractivity contribution >= 4 is 17.7 Å². The van der Waals surface area contributed by atoms with Crippen molar-refractivity contribution in [3.63, 3.8) is 0 Å². The Morgan fingerprint density at radius 3 is 3.00 bits per heavy atom. The molecule has 1 saturated heterocycles. The summed E-state index contributed by atoms with van der Waals surface area (Å²) < 4.78 is 5.51. The van der Waals surface area contributed by atoms with Gasteiger partial charge in [0.05, 0.1) is 6.10 Å². The number of hydrogen-bond donors (Lipinski definition) is 2. The molecule has 1 rings (SSSR count). The second-order valence-corrected chi connectivity index (χ2v) is 4.55. The van der Waals surface area contributed by atoms with Crippen molar-refractivity contribution in [1.82, 2.24) is 0 Å². The van der Waals surface area contributed by atoms with Gasteiger partial charge in [-0.1, -0.05) is 0 Å². The number of nitrogens with two attached hydrogens (primary N) is 1. The van der Waals surface area contributed by atoms with Crippen molar-refractivity contribution in [2.24, 2.45) is 5.73 Å². The third-order valence-electron chi connectivity index (χ3n) is 2.19. The van der Waals surface area contributed by atoms with E-state index in [0.29, 0.717) is 11.9 Å². The van der Waals surface area contributed by atoms with Gasteiger partial charge in [-0.25, -0.2) is 0 Å². The van der Waals surface area contributed by atoms with Crippen LogP contribution in [0.2, 0.25) is 0 Å². The molecule has 0 aromatic carbocycles. The van der Waals surface area contributed by atoms with Gasteiger partial charge < -0.3 is 15.6 Å². The molecular weight excluding hydrogens is 202 g/mol. The summed E-state index contributed by atoms with van der Waals surface area (Å²) in [6, 6.07) is -0.747. The summed E-state index contributed by atoms with van der Waals surface area (Å²) in [6.45, 7) is 0.843. The predicted molar refractivity (Wildman–Crippen MR) is 56.5 cm³/mol. The Balaban J connectivity index is 2.05. The first-order valence-electron chi connectivity index (χ1n) is 4.88. The minimum absolute atomic E-state index is 0.301. The summed E-state index contributed by atoms with van der Waals surface area (Å²) in [5.41, 5.74) is 5.37. The van der Waals surface area contributed by atoms with Gasteiger partial charge in [0.2, 0.25) is 0 Å². The minimum atomic E-state index is -0.929. The average Bonchev–Trinajstić information content (AvgIpc) is 2.19. The Morgan fingerprint density at radius 2 is 2.43 bits per heavy atom. The third-order valence-corrected chi connectivity index (χ3v) is 3.39. The fraction of sp³-hybridized carbons (Fsp3) is 0.889. The zero-order chi connectivity index (χ0) is 10.4. The molecule has 3 N–H and O–H groups in total. The third kappa shape index (κ3) is 4.30. The Hall–Kier alpha value is -0.260. The zero-order valence-electron chi connectivity index (χ0n) is 8.15. The van der Waals surface area contributed by atoms with Gasteiger partial charge in [0.15, 0.2) is 0 Å². The molecule has 0 amide bonds. The van der Waals surface area contributed by atoms with Gasteiger partial charge in [-0.05, 0) is 19.3 Å². The number of ether oxygens (including phenoxy) is 1. The smallest absolute Gasteiger partial charge is 0.321 e. The normalized spacial score (nSPS) is 24.5. The Labute approximate surface area is 88.2 Å². The Morgan fingerprint density at radius 1 is 1.64 bits per heavy atom. The standard InChI is InChI=1S/C9H17NO3S/c10-8(9(11)12)6-14-5-7-3-1-2-4-13-7/h7-8H,1-6,10H2,(H,11,12)/t7?,8-/m0/s1. The molecule has 1 aliphatic rings. The fourth-order valence-electron chi connectivity index (χ4n) is 1.34. The van der Waals surface area contributed by atoms with Gasteiger partial charge in [0.1, 0.15) is 6.04 Å². The molecule has 0 aromatic rings. The van der Waals surface area contributed by atoms with Crippen LogP contribution in [0.1, 0.15) is 19.3 Å². The molecule has 1 aliphatic heterocycles. The van der Waals surface area contributed by atoms with Crippen molar-refractivity contribution in [2.45, 2.75) is 31.4 Å². The average molecular weight is 219 g/mol. The lowest BCUT2D eigenvalue weighted by Gasteiger charge is -2.22. The molecule has 82 valence electrons. The van der Waals surface area contributed by atoms with Crippen LogP contribution >= 0.6 is 11.8 Å². The van der Waals surface area contributed by atoms with E-state index < -0.39 is 12.0 Å². The molecule has 0 saturated carbocycles. The summed E-state index contributed by atoms with van der Waals surface area (Å²) in [6.07, 6.45) is 3.76. The van der Waals surface area contributed by atoms with E-state index in [0.717, 1.165) is 25.2 Å². The molecular formula is C9H17NO3S. The summed E-state index contributed by atoms with van der Waals surface area (Å²) >= 11 is 1.57. The summed E-state index contributed by atoms with van der Waals surface area (Å²) in [7, 11) is 0. The quantitative estimate of drug-likeness (QED) is 0.712. The van der Waals surface area contributed by atoms with Crippen LogP contribution in [0.4, 0.5) is 0 Å². The van der Waals surface area contributed by atoms with E-state index in [1.54, 1.807) is 11.8 Å². The Kier molecular flexibility index (Phi) is 5.29. The maximum Gasteiger partial charge on any atom is 0.321 e. The van der Waals surface area contributed by atoms with Crippen LogP contribution < -0.4 is 5.73 Å². The number of carbonyl (C=O) groups is 1. The van der Waals surface area contributed by atoms with E-state index in [2.05, 4.69) is 0 Å². The van der Waals surface area contributed by atoms with Crippen LogP contribution in [0.3, 0.4) is 0 Å². The highest BCUT2D eigenvalue weighted by molar-refractivity contribution is 7.99. The van der Waals surface area contributed by atoms with Crippen molar-refractivity contribution in [3.05, 3.63) is 0 Å². The van der Waals surface area contributed by atoms with Crippen molar-refractivity contribution in [2.75, 3.05) is 18.1 Å². The first-order chi connectivity index (χ1) is 6.70. The molecule has 2 atom stereocenters. The highest BCUT2D eigenvalue weighted by Crippen LogP contribution is 2.17. The van der Waals surface area contributed by atoms with Crippen LogP contribution in [-0.4, -0.2) is 41.3 Å². The van der Waals surface area contributed by atoms with Gasteiger partial charge in [-0.2, -0.15) is 11.8 Å². The molecule has 0 aromatic heterocycles. The SMILES string of the molecule is N[C@@H](CSCC1CCCCO1)C(=O)O. The zero-order valence-corrected chi connectivity index (χ0v) is 8.96. The summed E-state index contributed by atoms with van der Waals surface area (Å²) in [4.78, 5) is 10.4. The van der Waals surface area contributed by atoms with Gasteiger partial charge >= 0.3 is 5.97 Å². The van der Waals surface area contributed by atoms with Gasteiger partial charge in [0, 0.05) is 18.1 Å². The largest absolute Gasteiger partial charge is 0.480 e. The van der Waals surface area contributed by atoms with Crippen LogP contribution in [-0.2, 0) is 9.53 Å². The van der Waals surface area contributed by atoms with Crippen LogP contribution in [0.25, 0.3) is 0 Å². The van der Waals surface area contributed by atoms with Gasteiger partial charge in [0.25, 0.3) is 0 Å². The molecule has 14 heavy (non-hydrogen) atoms. The topological polar surface area (TPSA) is 72.5 Å². The minimum Gasteiger partial charge on any atom is -0.480 e. The summed E-state index contributed by atoms with van der Waals surface area (Å²) in [5, 5.41) is 8.55. The van der Waals surface area contributed by atoms with Gasteiger partial charge in [-0.3, -0.25) is 4.79 Å². The van der Waals surface area contributed by atoms with E-state index >= 15 is 0 Å². The van der Waals surface area contributed by atoms with Crippen LogP contribution in [0, 0.1) is 0 Å². The van der Waals surface area contributed by atoms with Crippen molar-refractivity contribution in [3.8, 4) is 0 Å². The lowest BCUT2D eigenvalue weighted by molar-refractivity contribution is -0.137. The first-order valence-corrected chi connectivity index (χ1v) is 6.03. The molecule has 0 bridgehead atoms. The monoisotopic (exact) mass is 219 g/mol. The van der Waals surface area contributed by atoms with E-state index in [9.17, 15) is 4.79 Å². The molecule has 1 heterocycles. The maximum absolute atomic E-state index is 10.4. The molecule has 5 heteroatoms. The number of hydrogen-bond acceptors (Lipinski definition) is 4. The van der Waals surface area contributed by atoms with E-state index in [1.807, 2.05) is 0 Å². The second kappa shape index (κ2) is 6.27. The fourth-order valence-corrected chi connectivity index (χ4v) is 2.39. The predicted octanol–water partition coefficient (Wildman–Crippen LogP) is 0.701. The number of carboxylic acid groups (broad SMARTS) is 1. The summed E-state index contributed by atoms with van der Waals surface area (Å²) in [5.74, 6) is 0.401. The van der Waals surface area contributed by atoms with E-state index in [1.165, 1.54) is 6.42 Å². The maximum atomic E-state index is 10.4. The van der Waals surface area contributed by atoms with Crippen LogP contribution in [0.15, 0.2) is 0 Å². The first kappa shape index (κ1) is 11.8. The second-order valence-electron chi connectivity index (χ2n) is 3.47. The highest BCUT2D eigenvalue weighted by atomic mass is 32.2. The molecule has 0 spiro atoms. The van der Waals surface area contributed by atoms with E-state index in [4.69, 9.17) is 15.6 Å². The van der Waals surface area contributed by atoms with Crippen LogP contribution in [0.5, 0.6) is 0 Å².